The lowest BCUT2D eigenvalue weighted by atomic mass is 9.98. The van der Waals surface area contributed by atoms with E-state index < -0.39 is 78.0 Å². The van der Waals surface area contributed by atoms with Crippen LogP contribution in [-0.4, -0.2) is 86.9 Å². The average molecular weight is 915 g/mol. The number of H-pyrrole nitrogens is 1. The fourth-order valence-electron chi connectivity index (χ4n) is 7.58. The molecule has 5 aromatic rings. The molecule has 354 valence electrons. The van der Waals surface area contributed by atoms with Crippen LogP contribution >= 0.6 is 0 Å². The highest BCUT2D eigenvalue weighted by Crippen LogP contribution is 2.22. The highest BCUT2D eigenvalue weighted by Gasteiger charge is 2.34. The first-order valence-corrected chi connectivity index (χ1v) is 22.6. The van der Waals surface area contributed by atoms with E-state index >= 15 is 0 Å². The van der Waals surface area contributed by atoms with Crippen molar-refractivity contribution in [2.24, 2.45) is 17.8 Å². The first-order chi connectivity index (χ1) is 31.9. The Kier molecular flexibility index (Phi) is 18.0. The van der Waals surface area contributed by atoms with Crippen LogP contribution in [0.25, 0.3) is 22.0 Å². The first kappa shape index (κ1) is 50.7. The van der Waals surface area contributed by atoms with E-state index in [2.05, 4.69) is 31.6 Å². The Labute approximate surface area is 390 Å². The number of para-hydroxylation sites is 1. The van der Waals surface area contributed by atoms with Gasteiger partial charge in [0.05, 0.1) is 12.0 Å². The standard InChI is InChI=1S/C52H62N6O9/c1-30(2)24-42(49(63)57-43(48(62)54-33(6)31(3)4)26-35-16-20-37(21-17-35)36-12-8-7-9-13-36)56-50(64)44(27-39-29-53-41-15-11-10-14-40(39)41)58-51(65)45(28-46(59)60)55-47(61)32(5)25-34-18-22-38(23-19-34)52(66)67/h7-23,29-33,42-45,53H,24-28H2,1-6H3,(H,54,62)(H,55,61)(H,56,64)(H,57,63)(H,58,65)(H,59,60)(H,66,67)/t32-,33+,42-,43-,44-,45-/m0/s1. The molecule has 0 bridgehead atoms. The van der Waals surface area contributed by atoms with Gasteiger partial charge in [-0.2, -0.15) is 0 Å². The molecule has 0 saturated carbocycles. The van der Waals surface area contributed by atoms with E-state index in [1.807, 2.05) is 113 Å². The van der Waals surface area contributed by atoms with E-state index in [9.17, 15) is 43.8 Å². The second kappa shape index (κ2) is 23.8. The summed E-state index contributed by atoms with van der Waals surface area (Å²) in [7, 11) is 0. The molecular formula is C52H62N6O9. The minimum atomic E-state index is -1.59. The van der Waals surface area contributed by atoms with Crippen molar-refractivity contribution in [1.29, 1.82) is 0 Å². The summed E-state index contributed by atoms with van der Waals surface area (Å²) in [5.41, 5.74) is 4.97. The number of carbonyl (C=O) groups excluding carboxylic acids is 5. The highest BCUT2D eigenvalue weighted by atomic mass is 16.4. The monoisotopic (exact) mass is 914 g/mol. The molecule has 8 N–H and O–H groups in total. The van der Waals surface area contributed by atoms with Gasteiger partial charge in [0.2, 0.25) is 29.5 Å². The van der Waals surface area contributed by atoms with E-state index in [4.69, 9.17) is 0 Å². The van der Waals surface area contributed by atoms with Gasteiger partial charge in [-0.25, -0.2) is 4.79 Å². The lowest BCUT2D eigenvalue weighted by Gasteiger charge is -2.28. The smallest absolute Gasteiger partial charge is 0.335 e. The number of aromatic amines is 1. The molecule has 0 saturated heterocycles. The van der Waals surface area contributed by atoms with Crippen LogP contribution in [-0.2, 0) is 48.0 Å². The number of benzene rings is 4. The maximum atomic E-state index is 14.5. The second-order valence-corrected chi connectivity index (χ2v) is 18.0. The molecule has 15 nitrogen and oxygen atoms in total. The number of carboxylic acid groups (broad SMARTS) is 2. The largest absolute Gasteiger partial charge is 0.481 e. The van der Waals surface area contributed by atoms with Gasteiger partial charge < -0.3 is 41.8 Å². The van der Waals surface area contributed by atoms with Gasteiger partial charge >= 0.3 is 11.9 Å². The molecule has 6 atom stereocenters. The molecule has 0 aliphatic rings. The van der Waals surface area contributed by atoms with Crippen LogP contribution in [0.1, 0.15) is 81.4 Å². The first-order valence-electron chi connectivity index (χ1n) is 22.6. The van der Waals surface area contributed by atoms with E-state index in [0.29, 0.717) is 11.1 Å². The number of carboxylic acids is 2. The molecule has 1 aromatic heterocycles. The van der Waals surface area contributed by atoms with Crippen LogP contribution in [0, 0.1) is 17.8 Å². The summed E-state index contributed by atoms with van der Waals surface area (Å²) < 4.78 is 0. The molecule has 5 rings (SSSR count). The number of hydrogen-bond donors (Lipinski definition) is 8. The zero-order valence-corrected chi connectivity index (χ0v) is 38.8. The fraction of sp³-hybridized carbons (Fsp3) is 0.365. The van der Waals surface area contributed by atoms with E-state index in [1.165, 1.54) is 12.1 Å². The van der Waals surface area contributed by atoms with Crippen molar-refractivity contribution in [2.45, 2.75) is 104 Å². The number of nitrogens with one attached hydrogen (secondary N) is 6. The Balaban J connectivity index is 1.38. The summed E-state index contributed by atoms with van der Waals surface area (Å²) in [6, 6.07) is 25.6. The van der Waals surface area contributed by atoms with Gasteiger partial charge in [0.1, 0.15) is 24.2 Å². The molecule has 0 spiro atoms. The van der Waals surface area contributed by atoms with E-state index in [1.54, 1.807) is 25.3 Å². The van der Waals surface area contributed by atoms with Crippen LogP contribution in [0.4, 0.5) is 0 Å². The number of amides is 5. The van der Waals surface area contributed by atoms with Crippen molar-refractivity contribution in [3.8, 4) is 11.1 Å². The quantitative estimate of drug-likeness (QED) is 0.0394. The van der Waals surface area contributed by atoms with Crippen molar-refractivity contribution >= 4 is 52.4 Å². The summed E-state index contributed by atoms with van der Waals surface area (Å²) >= 11 is 0. The van der Waals surface area contributed by atoms with Gasteiger partial charge in [0, 0.05) is 41.9 Å². The number of aromatic nitrogens is 1. The molecule has 15 heteroatoms. The second-order valence-electron chi connectivity index (χ2n) is 18.0. The topological polar surface area (TPSA) is 236 Å². The zero-order valence-electron chi connectivity index (χ0n) is 38.8. The van der Waals surface area contributed by atoms with Crippen molar-refractivity contribution in [2.75, 3.05) is 0 Å². The van der Waals surface area contributed by atoms with Gasteiger partial charge in [-0.05, 0) is 77.6 Å². The molecule has 4 aromatic carbocycles. The summed E-state index contributed by atoms with van der Waals surface area (Å²) in [6.45, 7) is 11.2. The number of hydrogen-bond acceptors (Lipinski definition) is 7. The van der Waals surface area contributed by atoms with Crippen LogP contribution in [0.5, 0.6) is 0 Å². The predicted octanol–water partition coefficient (Wildman–Crippen LogP) is 5.82. The minimum Gasteiger partial charge on any atom is -0.481 e. The van der Waals surface area contributed by atoms with Gasteiger partial charge in [-0.1, -0.05) is 120 Å². The average Bonchev–Trinajstić information content (AvgIpc) is 3.70. The van der Waals surface area contributed by atoms with Gasteiger partial charge in [0.15, 0.2) is 0 Å². The fourth-order valence-corrected chi connectivity index (χ4v) is 7.58. The summed E-state index contributed by atoms with van der Waals surface area (Å²) in [4.78, 5) is 96.8. The molecule has 0 fully saturated rings. The third-order valence-electron chi connectivity index (χ3n) is 11.8. The van der Waals surface area contributed by atoms with Crippen molar-refractivity contribution in [3.05, 3.63) is 132 Å². The van der Waals surface area contributed by atoms with Crippen LogP contribution < -0.4 is 26.6 Å². The molecule has 0 aliphatic heterocycles. The van der Waals surface area contributed by atoms with Gasteiger partial charge in [-0.3, -0.25) is 28.8 Å². The summed E-state index contributed by atoms with van der Waals surface area (Å²) in [5, 5.41) is 33.8. The number of aromatic carboxylic acids is 1. The molecule has 67 heavy (non-hydrogen) atoms. The Morgan fingerprint density at radius 3 is 1.64 bits per heavy atom. The molecule has 0 aliphatic carbocycles. The Morgan fingerprint density at radius 2 is 1.03 bits per heavy atom. The van der Waals surface area contributed by atoms with Crippen LogP contribution in [0.2, 0.25) is 0 Å². The predicted molar refractivity (Wildman–Crippen MR) is 256 cm³/mol. The van der Waals surface area contributed by atoms with E-state index in [0.717, 1.165) is 27.6 Å². The van der Waals surface area contributed by atoms with Crippen molar-refractivity contribution in [3.63, 3.8) is 0 Å². The summed E-state index contributed by atoms with van der Waals surface area (Å²) in [6.07, 6.45) is 1.31. The lowest BCUT2D eigenvalue weighted by Crippen LogP contribution is -2.59. The SMILES string of the molecule is CC(C)C[C@H](NC(=O)[C@H](Cc1c[nH]c2ccccc12)NC(=O)[C@H](CC(=O)O)NC(=O)[C@@H](C)Cc1ccc(C(=O)O)cc1)C(=O)N[C@@H](Cc1ccc(-c2ccccc2)cc1)C(=O)N[C@H](C)C(C)C. The third-order valence-corrected chi connectivity index (χ3v) is 11.8. The Bertz CT molecular complexity index is 2500. The third kappa shape index (κ3) is 14.9. The van der Waals surface area contributed by atoms with Crippen LogP contribution in [0.3, 0.4) is 0 Å². The Hall–Kier alpha value is -7.29. The highest BCUT2D eigenvalue weighted by molar-refractivity contribution is 5.97. The van der Waals surface area contributed by atoms with Crippen molar-refractivity contribution < 1.29 is 43.8 Å². The number of rotatable bonds is 23. The molecule has 0 radical (unpaired) electrons. The lowest BCUT2D eigenvalue weighted by molar-refractivity contribution is -0.141. The van der Waals surface area contributed by atoms with Crippen molar-refractivity contribution in [1.82, 2.24) is 31.6 Å². The van der Waals surface area contributed by atoms with Gasteiger partial charge in [0.25, 0.3) is 0 Å². The number of fused-ring (bicyclic) bond motifs is 1. The normalized spacial score (nSPS) is 14.0. The summed E-state index contributed by atoms with van der Waals surface area (Å²) in [5.74, 6) is -6.55. The maximum absolute atomic E-state index is 14.5. The minimum absolute atomic E-state index is 0.0748. The Morgan fingerprint density at radius 1 is 0.522 bits per heavy atom. The zero-order chi connectivity index (χ0) is 48.8. The molecule has 0 unspecified atom stereocenters. The van der Waals surface area contributed by atoms with Crippen LogP contribution in [0.15, 0.2) is 109 Å². The molecule has 1 heterocycles. The molecule has 5 amide bonds. The van der Waals surface area contributed by atoms with Gasteiger partial charge in [-0.15, -0.1) is 0 Å². The maximum Gasteiger partial charge on any atom is 0.335 e. The molecular weight excluding hydrogens is 853 g/mol. The van der Waals surface area contributed by atoms with E-state index in [-0.39, 0.29) is 49.1 Å². The number of carbonyl (C=O) groups is 7. The number of aliphatic carboxylic acids is 1.